The fourth-order valence-electron chi connectivity index (χ4n) is 1.01. The summed E-state index contributed by atoms with van der Waals surface area (Å²) in [6.07, 6.45) is 1.55. The van der Waals surface area contributed by atoms with Gasteiger partial charge in [-0.05, 0) is 34.2 Å². The van der Waals surface area contributed by atoms with Gasteiger partial charge in [0.2, 0.25) is 0 Å². The third kappa shape index (κ3) is 2.30. The number of nitrogens with two attached hydrogens (primary N) is 1. The average Bonchev–Trinajstić information content (AvgIpc) is 2.17. The lowest BCUT2D eigenvalue weighted by Crippen LogP contribution is -2.07. The van der Waals surface area contributed by atoms with Crippen molar-refractivity contribution in [2.24, 2.45) is 5.73 Å². The lowest BCUT2D eigenvalue weighted by atomic mass is 10.1. The van der Waals surface area contributed by atoms with E-state index >= 15 is 0 Å². The first-order valence-electron chi connectivity index (χ1n) is 3.88. The monoisotopic (exact) mass is 304 g/mol. The number of hydrogen-bond acceptors (Lipinski definition) is 3. The van der Waals surface area contributed by atoms with Crippen molar-refractivity contribution >= 4 is 28.3 Å². The highest BCUT2D eigenvalue weighted by Gasteiger charge is 2.13. The highest BCUT2D eigenvalue weighted by Crippen LogP contribution is 2.24. The summed E-state index contributed by atoms with van der Waals surface area (Å²) < 4.78 is 0.604. The van der Waals surface area contributed by atoms with Gasteiger partial charge in [0, 0.05) is 12.1 Å². The zero-order valence-corrected chi connectivity index (χ0v) is 9.47. The summed E-state index contributed by atoms with van der Waals surface area (Å²) in [6, 6.07) is 4.57. The van der Waals surface area contributed by atoms with E-state index in [1.807, 2.05) is 22.6 Å². The summed E-state index contributed by atoms with van der Waals surface area (Å²) in [7, 11) is 0. The molecule has 1 rings (SSSR count). The Morgan fingerprint density at radius 2 is 2.29 bits per heavy atom. The van der Waals surface area contributed by atoms with Gasteiger partial charge in [0.25, 0.3) is 5.69 Å². The normalized spacial score (nSPS) is 12.1. The second-order valence-corrected chi connectivity index (χ2v) is 3.89. The van der Waals surface area contributed by atoms with Crippen molar-refractivity contribution in [3.63, 3.8) is 0 Å². The van der Waals surface area contributed by atoms with Crippen molar-refractivity contribution in [2.75, 3.05) is 0 Å². The molecule has 0 heterocycles. The van der Waals surface area contributed by atoms with Crippen LogP contribution in [0.5, 0.6) is 0 Å². The summed E-state index contributed by atoms with van der Waals surface area (Å²) in [5, 5.41) is 10.6. The van der Waals surface area contributed by atoms with Gasteiger partial charge >= 0.3 is 0 Å². The lowest BCUT2D eigenvalue weighted by Gasteiger charge is -2.06. The second kappa shape index (κ2) is 4.52. The van der Waals surface area contributed by atoms with Gasteiger partial charge in [0.05, 0.1) is 8.49 Å². The Hall–Kier alpha value is -0.950. The van der Waals surface area contributed by atoms with Crippen LogP contribution in [0.25, 0.3) is 0 Å². The Kier molecular flexibility index (Phi) is 3.59. The topological polar surface area (TPSA) is 69.2 Å². The van der Waals surface area contributed by atoms with Gasteiger partial charge in [0.1, 0.15) is 0 Å². The van der Waals surface area contributed by atoms with Gasteiger partial charge in [-0.1, -0.05) is 12.1 Å². The Morgan fingerprint density at radius 1 is 1.64 bits per heavy atom. The molecule has 5 heteroatoms. The number of nitro groups is 1. The third-order valence-corrected chi connectivity index (χ3v) is 2.72. The van der Waals surface area contributed by atoms with Gasteiger partial charge in [0.15, 0.2) is 0 Å². The van der Waals surface area contributed by atoms with E-state index in [1.165, 1.54) is 6.07 Å². The molecular weight excluding hydrogens is 295 g/mol. The molecule has 0 saturated carbocycles. The van der Waals surface area contributed by atoms with Crippen molar-refractivity contribution in [3.8, 4) is 0 Å². The van der Waals surface area contributed by atoms with E-state index in [9.17, 15) is 10.1 Å². The predicted molar refractivity (Wildman–Crippen MR) is 62.9 cm³/mol. The van der Waals surface area contributed by atoms with Crippen molar-refractivity contribution in [2.45, 2.75) is 6.04 Å². The van der Waals surface area contributed by atoms with Gasteiger partial charge in [-0.2, -0.15) is 0 Å². The Labute approximate surface area is 95.1 Å². The highest BCUT2D eigenvalue weighted by atomic mass is 127. The van der Waals surface area contributed by atoms with Crippen LogP contribution >= 0.6 is 22.6 Å². The molecule has 0 aliphatic heterocycles. The molecule has 1 atom stereocenters. The molecule has 74 valence electrons. The zero-order valence-electron chi connectivity index (χ0n) is 7.31. The molecular formula is C9H9IN2O2. The van der Waals surface area contributed by atoms with Crippen LogP contribution in [-0.2, 0) is 0 Å². The SMILES string of the molecule is C=C[C@@H](N)c1ccc(I)c([N+](=O)[O-])c1. The summed E-state index contributed by atoms with van der Waals surface area (Å²) in [4.78, 5) is 10.2. The molecule has 0 aromatic heterocycles. The third-order valence-electron chi connectivity index (χ3n) is 1.81. The van der Waals surface area contributed by atoms with Crippen LogP contribution in [0.1, 0.15) is 11.6 Å². The van der Waals surface area contributed by atoms with Crippen molar-refractivity contribution in [1.29, 1.82) is 0 Å². The van der Waals surface area contributed by atoms with Crippen molar-refractivity contribution in [3.05, 3.63) is 50.1 Å². The Bertz CT molecular complexity index is 379. The van der Waals surface area contributed by atoms with E-state index in [4.69, 9.17) is 5.73 Å². The maximum absolute atomic E-state index is 10.6. The minimum absolute atomic E-state index is 0.0837. The zero-order chi connectivity index (χ0) is 10.7. The van der Waals surface area contributed by atoms with Crippen LogP contribution in [0.2, 0.25) is 0 Å². The second-order valence-electron chi connectivity index (χ2n) is 2.73. The highest BCUT2D eigenvalue weighted by molar-refractivity contribution is 14.1. The molecule has 0 aliphatic rings. The molecule has 4 nitrogen and oxygen atoms in total. The number of hydrogen-bond donors (Lipinski definition) is 1. The number of benzene rings is 1. The van der Waals surface area contributed by atoms with Crippen LogP contribution < -0.4 is 5.73 Å². The van der Waals surface area contributed by atoms with E-state index in [0.29, 0.717) is 9.13 Å². The number of nitro benzene ring substituents is 1. The van der Waals surface area contributed by atoms with E-state index in [0.717, 1.165) is 0 Å². The summed E-state index contributed by atoms with van der Waals surface area (Å²) in [6.45, 7) is 3.54. The number of halogens is 1. The smallest absolute Gasteiger partial charge is 0.282 e. The first-order valence-corrected chi connectivity index (χ1v) is 4.96. The molecule has 0 spiro atoms. The van der Waals surface area contributed by atoms with Crippen LogP contribution in [0.15, 0.2) is 30.9 Å². The fourth-order valence-corrected chi connectivity index (χ4v) is 1.55. The Morgan fingerprint density at radius 3 is 2.79 bits per heavy atom. The minimum Gasteiger partial charge on any atom is -0.321 e. The van der Waals surface area contributed by atoms with E-state index in [2.05, 4.69) is 6.58 Å². The quantitative estimate of drug-likeness (QED) is 0.403. The first kappa shape index (κ1) is 11.1. The molecule has 0 fully saturated rings. The van der Waals surface area contributed by atoms with Crippen molar-refractivity contribution < 1.29 is 4.92 Å². The molecule has 0 unspecified atom stereocenters. The average molecular weight is 304 g/mol. The summed E-state index contributed by atoms with van der Waals surface area (Å²) >= 11 is 1.92. The number of rotatable bonds is 3. The number of nitrogens with zero attached hydrogens (tertiary/aromatic N) is 1. The van der Waals surface area contributed by atoms with Gasteiger partial charge in [-0.25, -0.2) is 0 Å². The molecule has 0 amide bonds. The standard InChI is InChI=1S/C9H9IN2O2/c1-2-8(11)6-3-4-7(10)9(5-6)12(13)14/h2-5,8H,1,11H2/t8-/m1/s1. The van der Waals surface area contributed by atoms with Gasteiger partial charge in [-0.3, -0.25) is 10.1 Å². The first-order chi connectivity index (χ1) is 6.56. The molecule has 2 N–H and O–H groups in total. The largest absolute Gasteiger partial charge is 0.321 e. The van der Waals surface area contributed by atoms with Crippen LogP contribution in [0.3, 0.4) is 0 Å². The molecule has 1 aromatic carbocycles. The lowest BCUT2D eigenvalue weighted by molar-refractivity contribution is -0.385. The Balaban J connectivity index is 3.19. The van der Waals surface area contributed by atoms with Crippen LogP contribution in [0, 0.1) is 13.7 Å². The van der Waals surface area contributed by atoms with E-state index in [-0.39, 0.29) is 11.7 Å². The van der Waals surface area contributed by atoms with E-state index in [1.54, 1.807) is 18.2 Å². The summed E-state index contributed by atoms with van der Waals surface area (Å²) in [5.41, 5.74) is 6.46. The maximum atomic E-state index is 10.6. The predicted octanol–water partition coefficient (Wildman–Crippen LogP) is 2.39. The van der Waals surface area contributed by atoms with Gasteiger partial charge < -0.3 is 5.73 Å². The molecule has 0 saturated heterocycles. The molecule has 0 aliphatic carbocycles. The molecule has 14 heavy (non-hydrogen) atoms. The molecule has 1 aromatic rings. The van der Waals surface area contributed by atoms with Crippen LogP contribution in [-0.4, -0.2) is 4.92 Å². The molecule has 0 radical (unpaired) electrons. The maximum Gasteiger partial charge on any atom is 0.282 e. The van der Waals surface area contributed by atoms with Gasteiger partial charge in [-0.15, -0.1) is 6.58 Å². The minimum atomic E-state index is -0.416. The van der Waals surface area contributed by atoms with Crippen LogP contribution in [0.4, 0.5) is 5.69 Å². The molecule has 0 bridgehead atoms. The van der Waals surface area contributed by atoms with Crippen molar-refractivity contribution in [1.82, 2.24) is 0 Å². The van der Waals surface area contributed by atoms with E-state index < -0.39 is 4.92 Å². The fraction of sp³-hybridized carbons (Fsp3) is 0.111. The summed E-state index contributed by atoms with van der Waals surface area (Å²) in [5.74, 6) is 0.